The highest BCUT2D eigenvalue weighted by Gasteiger charge is 2.09. The SMILES string of the molecule is COc1ccc(Nc2cncc(C(=O)NCc3ccccn3)c2)c(OC)c1. The van der Waals surface area contributed by atoms with Gasteiger partial charge in [0.05, 0.1) is 49.6 Å². The van der Waals surface area contributed by atoms with Crippen LogP contribution < -0.4 is 20.1 Å². The summed E-state index contributed by atoms with van der Waals surface area (Å²) in [5.41, 5.74) is 2.65. The van der Waals surface area contributed by atoms with Crippen LogP contribution in [0.25, 0.3) is 0 Å². The number of hydrogen-bond donors (Lipinski definition) is 2. The topological polar surface area (TPSA) is 85.4 Å². The average Bonchev–Trinajstić information content (AvgIpc) is 2.73. The Morgan fingerprint density at radius 1 is 1.07 bits per heavy atom. The molecule has 3 rings (SSSR count). The molecule has 2 heterocycles. The number of methoxy groups -OCH3 is 2. The molecule has 0 atom stereocenters. The number of rotatable bonds is 7. The van der Waals surface area contributed by atoms with Crippen LogP contribution in [0.3, 0.4) is 0 Å². The summed E-state index contributed by atoms with van der Waals surface area (Å²) in [5, 5.41) is 6.04. The van der Waals surface area contributed by atoms with Crippen LogP contribution in [0.5, 0.6) is 11.5 Å². The first-order valence-corrected chi connectivity index (χ1v) is 8.32. The lowest BCUT2D eigenvalue weighted by Crippen LogP contribution is -2.23. The third-order valence-electron chi connectivity index (χ3n) is 3.84. The molecule has 0 unspecified atom stereocenters. The largest absolute Gasteiger partial charge is 0.497 e. The third kappa shape index (κ3) is 4.72. The van der Waals surface area contributed by atoms with Crippen LogP contribution in [-0.4, -0.2) is 30.1 Å². The lowest BCUT2D eigenvalue weighted by atomic mass is 10.2. The molecule has 0 aliphatic heterocycles. The van der Waals surface area contributed by atoms with Crippen molar-refractivity contribution >= 4 is 17.3 Å². The summed E-state index contributed by atoms with van der Waals surface area (Å²) in [6, 6.07) is 12.7. The molecule has 0 spiro atoms. The second kappa shape index (κ2) is 8.66. The number of aromatic nitrogens is 2. The van der Waals surface area contributed by atoms with E-state index in [4.69, 9.17) is 9.47 Å². The highest BCUT2D eigenvalue weighted by atomic mass is 16.5. The molecule has 7 heteroatoms. The number of carbonyl (C=O) groups excluding carboxylic acids is 1. The van der Waals surface area contributed by atoms with Gasteiger partial charge in [0.25, 0.3) is 5.91 Å². The minimum Gasteiger partial charge on any atom is -0.497 e. The van der Waals surface area contributed by atoms with E-state index in [0.717, 1.165) is 11.4 Å². The molecular formula is C20H20N4O3. The van der Waals surface area contributed by atoms with Crippen molar-refractivity contribution in [2.45, 2.75) is 6.54 Å². The number of pyridine rings is 2. The van der Waals surface area contributed by atoms with E-state index in [-0.39, 0.29) is 5.91 Å². The van der Waals surface area contributed by atoms with Crippen LogP contribution in [0.15, 0.2) is 61.1 Å². The van der Waals surface area contributed by atoms with Gasteiger partial charge in [0.2, 0.25) is 0 Å². The highest BCUT2D eigenvalue weighted by molar-refractivity contribution is 5.94. The van der Waals surface area contributed by atoms with Crippen LogP contribution in [-0.2, 0) is 6.54 Å². The van der Waals surface area contributed by atoms with Gasteiger partial charge in [0, 0.05) is 18.5 Å². The average molecular weight is 364 g/mol. The maximum atomic E-state index is 12.4. The van der Waals surface area contributed by atoms with Crippen molar-refractivity contribution < 1.29 is 14.3 Å². The number of carbonyl (C=O) groups is 1. The fraction of sp³-hybridized carbons (Fsp3) is 0.150. The first kappa shape index (κ1) is 18.2. The molecule has 0 saturated carbocycles. The molecule has 0 bridgehead atoms. The zero-order valence-electron chi connectivity index (χ0n) is 15.1. The highest BCUT2D eigenvalue weighted by Crippen LogP contribution is 2.31. The van der Waals surface area contributed by atoms with Crippen molar-refractivity contribution in [1.82, 2.24) is 15.3 Å². The Morgan fingerprint density at radius 3 is 2.70 bits per heavy atom. The fourth-order valence-corrected chi connectivity index (χ4v) is 2.47. The standard InChI is InChI=1S/C20H20N4O3/c1-26-17-6-7-18(19(10-17)27-2)24-16-9-14(11-21-12-16)20(25)23-13-15-5-3-4-8-22-15/h3-12,24H,13H2,1-2H3,(H,23,25). The summed E-state index contributed by atoms with van der Waals surface area (Å²) >= 11 is 0. The van der Waals surface area contributed by atoms with Gasteiger partial charge in [-0.15, -0.1) is 0 Å². The van der Waals surface area contributed by atoms with E-state index in [1.165, 1.54) is 6.20 Å². The van der Waals surface area contributed by atoms with Crippen LogP contribution in [0.2, 0.25) is 0 Å². The molecule has 1 aromatic carbocycles. The van der Waals surface area contributed by atoms with Crippen molar-refractivity contribution in [2.24, 2.45) is 0 Å². The summed E-state index contributed by atoms with van der Waals surface area (Å²) in [6.45, 7) is 0.351. The number of benzene rings is 1. The molecule has 0 aliphatic carbocycles. The summed E-state index contributed by atoms with van der Waals surface area (Å²) in [6.07, 6.45) is 4.85. The van der Waals surface area contributed by atoms with Gasteiger partial charge in [0.15, 0.2) is 0 Å². The number of nitrogens with zero attached hydrogens (tertiary/aromatic N) is 2. The van der Waals surface area contributed by atoms with E-state index < -0.39 is 0 Å². The Morgan fingerprint density at radius 2 is 1.96 bits per heavy atom. The normalized spacial score (nSPS) is 10.1. The molecule has 0 radical (unpaired) electrons. The molecule has 3 aromatic rings. The number of nitrogens with one attached hydrogen (secondary N) is 2. The number of anilines is 2. The molecule has 0 fully saturated rings. The van der Waals surface area contributed by atoms with Crippen molar-refractivity contribution in [3.05, 3.63) is 72.3 Å². The van der Waals surface area contributed by atoms with Gasteiger partial charge in [-0.05, 0) is 30.3 Å². The van der Waals surface area contributed by atoms with Crippen molar-refractivity contribution in [3.8, 4) is 11.5 Å². The van der Waals surface area contributed by atoms with E-state index in [9.17, 15) is 4.79 Å². The van der Waals surface area contributed by atoms with Gasteiger partial charge in [-0.1, -0.05) is 6.07 Å². The monoisotopic (exact) mass is 364 g/mol. The first-order chi connectivity index (χ1) is 13.2. The van der Waals surface area contributed by atoms with Crippen molar-refractivity contribution in [3.63, 3.8) is 0 Å². The predicted molar refractivity (Wildman–Crippen MR) is 102 cm³/mol. The Balaban J connectivity index is 1.71. The minimum atomic E-state index is -0.224. The second-order valence-electron chi connectivity index (χ2n) is 5.66. The van der Waals surface area contributed by atoms with Gasteiger partial charge < -0.3 is 20.1 Å². The molecule has 0 aliphatic rings. The quantitative estimate of drug-likeness (QED) is 0.670. The molecule has 7 nitrogen and oxygen atoms in total. The fourth-order valence-electron chi connectivity index (χ4n) is 2.47. The van der Waals surface area contributed by atoms with E-state index in [1.54, 1.807) is 38.7 Å². The summed E-state index contributed by atoms with van der Waals surface area (Å²) in [7, 11) is 3.18. The van der Waals surface area contributed by atoms with Crippen molar-refractivity contribution in [1.29, 1.82) is 0 Å². The lowest BCUT2D eigenvalue weighted by molar-refractivity contribution is 0.0950. The Labute approximate surface area is 157 Å². The summed E-state index contributed by atoms with van der Waals surface area (Å²) in [5.74, 6) is 1.09. The Hall–Kier alpha value is -3.61. The second-order valence-corrected chi connectivity index (χ2v) is 5.66. The molecule has 27 heavy (non-hydrogen) atoms. The minimum absolute atomic E-state index is 0.224. The van der Waals surface area contributed by atoms with Gasteiger partial charge in [-0.3, -0.25) is 14.8 Å². The number of ether oxygens (including phenoxy) is 2. The maximum Gasteiger partial charge on any atom is 0.253 e. The molecular weight excluding hydrogens is 344 g/mol. The Bertz CT molecular complexity index is 916. The van der Waals surface area contributed by atoms with E-state index in [0.29, 0.717) is 29.3 Å². The number of amides is 1. The van der Waals surface area contributed by atoms with Gasteiger partial charge >= 0.3 is 0 Å². The number of hydrogen-bond acceptors (Lipinski definition) is 6. The van der Waals surface area contributed by atoms with Gasteiger partial charge in [0.1, 0.15) is 11.5 Å². The van der Waals surface area contributed by atoms with Crippen LogP contribution in [0.4, 0.5) is 11.4 Å². The Kier molecular flexibility index (Phi) is 5.84. The van der Waals surface area contributed by atoms with Gasteiger partial charge in [-0.25, -0.2) is 0 Å². The van der Waals surface area contributed by atoms with Crippen LogP contribution in [0.1, 0.15) is 16.1 Å². The lowest BCUT2D eigenvalue weighted by Gasteiger charge is -2.13. The molecule has 0 saturated heterocycles. The van der Waals surface area contributed by atoms with E-state index in [2.05, 4.69) is 20.6 Å². The summed E-state index contributed by atoms with van der Waals surface area (Å²) < 4.78 is 10.6. The zero-order valence-corrected chi connectivity index (χ0v) is 15.1. The first-order valence-electron chi connectivity index (χ1n) is 8.32. The van der Waals surface area contributed by atoms with Gasteiger partial charge in [-0.2, -0.15) is 0 Å². The molecule has 2 N–H and O–H groups in total. The molecule has 138 valence electrons. The predicted octanol–water partition coefficient (Wildman–Crippen LogP) is 3.17. The van der Waals surface area contributed by atoms with E-state index >= 15 is 0 Å². The van der Waals surface area contributed by atoms with Crippen LogP contribution >= 0.6 is 0 Å². The van der Waals surface area contributed by atoms with E-state index in [1.807, 2.05) is 30.3 Å². The van der Waals surface area contributed by atoms with Crippen LogP contribution in [0, 0.1) is 0 Å². The zero-order chi connectivity index (χ0) is 19.1. The maximum absolute atomic E-state index is 12.4. The molecule has 1 amide bonds. The smallest absolute Gasteiger partial charge is 0.253 e. The summed E-state index contributed by atoms with van der Waals surface area (Å²) in [4.78, 5) is 20.7. The molecule has 2 aromatic heterocycles. The van der Waals surface area contributed by atoms with Crippen molar-refractivity contribution in [2.75, 3.05) is 19.5 Å². The third-order valence-corrected chi connectivity index (χ3v) is 3.84.